The van der Waals surface area contributed by atoms with Crippen molar-refractivity contribution in [3.05, 3.63) is 59.7 Å². The molecule has 2 aromatic carbocycles. The number of benzene rings is 2. The molecule has 1 aliphatic rings. The van der Waals surface area contributed by atoms with Crippen molar-refractivity contribution < 1.29 is 4.74 Å². The average molecular weight is 310 g/mol. The second kappa shape index (κ2) is 7.51. The summed E-state index contributed by atoms with van der Waals surface area (Å²) in [5.41, 5.74) is 4.07. The van der Waals surface area contributed by atoms with Crippen LogP contribution < -0.4 is 9.64 Å². The maximum Gasteiger partial charge on any atom is 0.119 e. The lowest BCUT2D eigenvalue weighted by Gasteiger charge is -2.37. The number of aryl methyl sites for hydroxylation is 1. The zero-order valence-electron chi connectivity index (χ0n) is 14.2. The van der Waals surface area contributed by atoms with E-state index in [0.717, 1.165) is 44.9 Å². The van der Waals surface area contributed by atoms with E-state index in [2.05, 4.69) is 65.3 Å². The molecule has 1 fully saturated rings. The summed E-state index contributed by atoms with van der Waals surface area (Å²) in [6.07, 6.45) is 1.14. The first-order chi connectivity index (χ1) is 11.3. The van der Waals surface area contributed by atoms with Crippen LogP contribution in [-0.4, -0.2) is 44.7 Å². The Hall–Kier alpha value is -2.00. The van der Waals surface area contributed by atoms with Crippen LogP contribution in [0.3, 0.4) is 0 Å². The molecular weight excluding hydrogens is 284 g/mol. The summed E-state index contributed by atoms with van der Waals surface area (Å²) >= 11 is 0. The Balaban J connectivity index is 1.52. The number of ether oxygens (including phenoxy) is 1. The van der Waals surface area contributed by atoms with E-state index in [1.54, 1.807) is 7.11 Å². The molecule has 3 nitrogen and oxygen atoms in total. The van der Waals surface area contributed by atoms with Crippen LogP contribution in [0.2, 0.25) is 0 Å². The van der Waals surface area contributed by atoms with Crippen LogP contribution >= 0.6 is 0 Å². The largest absolute Gasteiger partial charge is 0.497 e. The van der Waals surface area contributed by atoms with Crippen molar-refractivity contribution in [2.24, 2.45) is 0 Å². The Morgan fingerprint density at radius 2 is 1.70 bits per heavy atom. The molecule has 0 spiro atoms. The third kappa shape index (κ3) is 4.05. The molecule has 3 rings (SSSR count). The summed E-state index contributed by atoms with van der Waals surface area (Å²) in [4.78, 5) is 5.07. The summed E-state index contributed by atoms with van der Waals surface area (Å²) in [6.45, 7) is 7.79. The Morgan fingerprint density at radius 3 is 2.35 bits per heavy atom. The van der Waals surface area contributed by atoms with Gasteiger partial charge >= 0.3 is 0 Å². The zero-order chi connectivity index (χ0) is 16.1. The lowest BCUT2D eigenvalue weighted by molar-refractivity contribution is 0.261. The van der Waals surface area contributed by atoms with Crippen molar-refractivity contribution in [3.8, 4) is 5.75 Å². The van der Waals surface area contributed by atoms with Crippen molar-refractivity contribution in [2.75, 3.05) is 44.7 Å². The Bertz CT molecular complexity index is 619. The summed E-state index contributed by atoms with van der Waals surface area (Å²) in [5, 5.41) is 0. The maximum absolute atomic E-state index is 5.30. The molecule has 3 heteroatoms. The van der Waals surface area contributed by atoms with E-state index >= 15 is 0 Å². The molecule has 1 heterocycles. The first kappa shape index (κ1) is 15.9. The topological polar surface area (TPSA) is 15.7 Å². The van der Waals surface area contributed by atoms with Crippen LogP contribution in [0.5, 0.6) is 5.75 Å². The van der Waals surface area contributed by atoms with E-state index in [1.165, 1.54) is 16.8 Å². The van der Waals surface area contributed by atoms with Crippen molar-refractivity contribution in [1.29, 1.82) is 0 Å². The molecule has 0 saturated carbocycles. The van der Waals surface area contributed by atoms with Gasteiger partial charge in [-0.3, -0.25) is 4.90 Å². The van der Waals surface area contributed by atoms with Crippen LogP contribution in [0.15, 0.2) is 48.5 Å². The van der Waals surface area contributed by atoms with E-state index in [1.807, 2.05) is 0 Å². The Morgan fingerprint density at radius 1 is 0.957 bits per heavy atom. The van der Waals surface area contributed by atoms with Gasteiger partial charge in [0.2, 0.25) is 0 Å². The molecule has 0 bridgehead atoms. The normalized spacial score (nSPS) is 15.7. The number of methoxy groups -OCH3 is 1. The second-order valence-electron chi connectivity index (χ2n) is 6.22. The second-order valence-corrected chi connectivity index (χ2v) is 6.22. The van der Waals surface area contributed by atoms with Gasteiger partial charge in [-0.25, -0.2) is 0 Å². The molecule has 0 N–H and O–H groups in total. The summed E-state index contributed by atoms with van der Waals surface area (Å²) in [6, 6.07) is 17.1. The quantitative estimate of drug-likeness (QED) is 0.842. The minimum atomic E-state index is 0.938. The van der Waals surface area contributed by atoms with Crippen LogP contribution in [0, 0.1) is 6.92 Å². The van der Waals surface area contributed by atoms with E-state index in [9.17, 15) is 0 Å². The van der Waals surface area contributed by atoms with E-state index in [4.69, 9.17) is 4.74 Å². The van der Waals surface area contributed by atoms with Gasteiger partial charge in [-0.2, -0.15) is 0 Å². The summed E-state index contributed by atoms with van der Waals surface area (Å²) in [5.74, 6) is 0.938. The third-order valence-electron chi connectivity index (χ3n) is 4.68. The lowest BCUT2D eigenvalue weighted by atomic mass is 10.1. The van der Waals surface area contributed by atoms with Crippen LogP contribution in [0.4, 0.5) is 5.69 Å². The molecule has 23 heavy (non-hydrogen) atoms. The van der Waals surface area contributed by atoms with E-state index in [0.29, 0.717) is 0 Å². The molecule has 2 aromatic rings. The summed E-state index contributed by atoms with van der Waals surface area (Å²) < 4.78 is 5.30. The zero-order valence-corrected chi connectivity index (χ0v) is 14.2. The van der Waals surface area contributed by atoms with Gasteiger partial charge in [0, 0.05) is 38.4 Å². The highest BCUT2D eigenvalue weighted by Gasteiger charge is 2.18. The predicted molar refractivity (Wildman–Crippen MR) is 96.5 cm³/mol. The highest BCUT2D eigenvalue weighted by molar-refractivity contribution is 5.56. The van der Waals surface area contributed by atoms with Crippen molar-refractivity contribution in [2.45, 2.75) is 13.3 Å². The first-order valence-electron chi connectivity index (χ1n) is 8.42. The fourth-order valence-corrected chi connectivity index (χ4v) is 3.25. The minimum Gasteiger partial charge on any atom is -0.497 e. The van der Waals surface area contributed by atoms with Gasteiger partial charge in [-0.1, -0.05) is 30.3 Å². The van der Waals surface area contributed by atoms with Gasteiger partial charge in [-0.15, -0.1) is 0 Å². The number of hydrogen-bond acceptors (Lipinski definition) is 3. The standard InChI is InChI=1S/C20H26N2O/c1-17-16-19(23-2)8-9-20(17)22-14-12-21(13-15-22)11-10-18-6-4-3-5-7-18/h3-9,16H,10-15H2,1-2H3. The van der Waals surface area contributed by atoms with Gasteiger partial charge in [0.05, 0.1) is 7.11 Å². The van der Waals surface area contributed by atoms with Crippen molar-refractivity contribution in [3.63, 3.8) is 0 Å². The van der Waals surface area contributed by atoms with Crippen molar-refractivity contribution in [1.82, 2.24) is 4.90 Å². The van der Waals surface area contributed by atoms with Crippen molar-refractivity contribution >= 4 is 5.69 Å². The number of nitrogens with zero attached hydrogens (tertiary/aromatic N) is 2. The first-order valence-corrected chi connectivity index (χ1v) is 8.42. The fraction of sp³-hybridized carbons (Fsp3) is 0.400. The minimum absolute atomic E-state index is 0.938. The highest BCUT2D eigenvalue weighted by atomic mass is 16.5. The fourth-order valence-electron chi connectivity index (χ4n) is 3.25. The van der Waals surface area contributed by atoms with Crippen LogP contribution in [0.1, 0.15) is 11.1 Å². The molecule has 0 atom stereocenters. The number of rotatable bonds is 5. The average Bonchev–Trinajstić information content (AvgIpc) is 2.61. The van der Waals surface area contributed by atoms with Gasteiger partial charge in [0.1, 0.15) is 5.75 Å². The predicted octanol–water partition coefficient (Wildman–Crippen LogP) is 3.37. The summed E-state index contributed by atoms with van der Waals surface area (Å²) in [7, 11) is 1.72. The lowest BCUT2D eigenvalue weighted by Crippen LogP contribution is -2.47. The van der Waals surface area contributed by atoms with Gasteiger partial charge in [0.25, 0.3) is 0 Å². The monoisotopic (exact) mass is 310 g/mol. The van der Waals surface area contributed by atoms with E-state index < -0.39 is 0 Å². The van der Waals surface area contributed by atoms with Gasteiger partial charge in [-0.05, 0) is 42.7 Å². The van der Waals surface area contributed by atoms with Crippen LogP contribution in [-0.2, 0) is 6.42 Å². The molecule has 0 radical (unpaired) electrons. The maximum atomic E-state index is 5.30. The SMILES string of the molecule is COc1ccc(N2CCN(CCc3ccccc3)CC2)c(C)c1. The van der Waals surface area contributed by atoms with Crippen LogP contribution in [0.25, 0.3) is 0 Å². The van der Waals surface area contributed by atoms with Gasteiger partial charge in [0.15, 0.2) is 0 Å². The molecule has 0 unspecified atom stereocenters. The molecule has 0 amide bonds. The molecule has 0 aliphatic carbocycles. The molecule has 1 aliphatic heterocycles. The molecule has 122 valence electrons. The molecule has 1 saturated heterocycles. The number of anilines is 1. The van der Waals surface area contributed by atoms with Gasteiger partial charge < -0.3 is 9.64 Å². The Kier molecular flexibility index (Phi) is 5.19. The molecule has 0 aromatic heterocycles. The third-order valence-corrected chi connectivity index (χ3v) is 4.68. The molecular formula is C20H26N2O. The number of hydrogen-bond donors (Lipinski definition) is 0. The number of piperazine rings is 1. The Labute approximate surface area is 139 Å². The highest BCUT2D eigenvalue weighted by Crippen LogP contribution is 2.25. The smallest absolute Gasteiger partial charge is 0.119 e. The van der Waals surface area contributed by atoms with E-state index in [-0.39, 0.29) is 0 Å².